The van der Waals surface area contributed by atoms with Gasteiger partial charge in [0, 0.05) is 38.8 Å². The third kappa shape index (κ3) is 5.68. The smallest absolute Gasteiger partial charge is 0.335 e. The van der Waals surface area contributed by atoms with Gasteiger partial charge in [0.2, 0.25) is 5.91 Å². The first-order valence-electron chi connectivity index (χ1n) is 9.46. The summed E-state index contributed by atoms with van der Waals surface area (Å²) in [5.74, 6) is -0.343. The highest BCUT2D eigenvalue weighted by Gasteiger charge is 2.31. The van der Waals surface area contributed by atoms with E-state index in [-0.39, 0.29) is 11.9 Å². The van der Waals surface area contributed by atoms with Crippen molar-refractivity contribution >= 4 is 11.9 Å². The van der Waals surface area contributed by atoms with E-state index >= 15 is 0 Å². The van der Waals surface area contributed by atoms with E-state index in [4.69, 9.17) is 0 Å². The lowest BCUT2D eigenvalue weighted by atomic mass is 10.1. The first kappa shape index (κ1) is 20.6. The predicted octanol–water partition coefficient (Wildman–Crippen LogP) is 2.20. The van der Waals surface area contributed by atoms with Gasteiger partial charge in [-0.2, -0.15) is 13.2 Å². The van der Waals surface area contributed by atoms with Crippen LogP contribution in [0.25, 0.3) is 0 Å². The van der Waals surface area contributed by atoms with Crippen molar-refractivity contribution in [2.24, 2.45) is 0 Å². The van der Waals surface area contributed by atoms with Crippen molar-refractivity contribution in [1.82, 2.24) is 20.4 Å². The molecule has 1 saturated carbocycles. The van der Waals surface area contributed by atoms with E-state index in [1.54, 1.807) is 13.0 Å². The number of alkyl halides is 3. The van der Waals surface area contributed by atoms with Gasteiger partial charge < -0.3 is 5.32 Å². The summed E-state index contributed by atoms with van der Waals surface area (Å²) in [5, 5.41) is 5.08. The van der Waals surface area contributed by atoms with Crippen LogP contribution in [0.1, 0.15) is 30.9 Å². The molecule has 3 amide bonds. The molecular formula is C19H25F3N4O2. The molecule has 1 atom stereocenters. The van der Waals surface area contributed by atoms with Crippen LogP contribution in [0, 0.1) is 0 Å². The standard InChI is InChI=1S/C19H25F3N4O2/c1-13(17(27)24-18(28)23-16-5-6-16)26-9-7-25(8-10-26)12-14-3-2-4-15(11-14)19(20,21)22/h2-4,11,13,16H,5-10,12H2,1H3,(H2,23,24,27,28). The van der Waals surface area contributed by atoms with Crippen molar-refractivity contribution in [2.45, 2.75) is 44.6 Å². The summed E-state index contributed by atoms with van der Waals surface area (Å²) < 4.78 is 38.5. The number of nitrogens with one attached hydrogen (secondary N) is 2. The molecule has 0 bridgehead atoms. The zero-order valence-corrected chi connectivity index (χ0v) is 15.8. The zero-order chi connectivity index (χ0) is 20.3. The number of nitrogens with zero attached hydrogens (tertiary/aromatic N) is 2. The predicted molar refractivity (Wildman–Crippen MR) is 97.5 cm³/mol. The van der Waals surface area contributed by atoms with Crippen molar-refractivity contribution < 1.29 is 22.8 Å². The summed E-state index contributed by atoms with van der Waals surface area (Å²) in [6.07, 6.45) is -2.45. The third-order valence-electron chi connectivity index (χ3n) is 5.14. The number of urea groups is 1. The Hall–Kier alpha value is -2.13. The lowest BCUT2D eigenvalue weighted by Crippen LogP contribution is -2.55. The van der Waals surface area contributed by atoms with E-state index in [1.165, 1.54) is 12.1 Å². The molecule has 1 aliphatic heterocycles. The fourth-order valence-corrected chi connectivity index (χ4v) is 3.24. The minimum absolute atomic E-state index is 0.183. The Labute approximate surface area is 162 Å². The van der Waals surface area contributed by atoms with Crippen LogP contribution >= 0.6 is 0 Å². The van der Waals surface area contributed by atoms with Crippen LogP contribution in [0.4, 0.5) is 18.0 Å². The van der Waals surface area contributed by atoms with Crippen molar-refractivity contribution in [3.05, 3.63) is 35.4 Å². The summed E-state index contributed by atoms with van der Waals surface area (Å²) in [7, 11) is 0. The number of carbonyl (C=O) groups excluding carboxylic acids is 2. The fraction of sp³-hybridized carbons (Fsp3) is 0.579. The van der Waals surface area contributed by atoms with Gasteiger partial charge in [0.25, 0.3) is 0 Å². The molecule has 3 rings (SSSR count). The number of imide groups is 1. The molecule has 2 aliphatic rings. The van der Waals surface area contributed by atoms with Crippen LogP contribution in [0.5, 0.6) is 0 Å². The van der Waals surface area contributed by atoms with Crippen molar-refractivity contribution in [3.63, 3.8) is 0 Å². The summed E-state index contributed by atoms with van der Waals surface area (Å²) in [6.45, 7) is 4.68. The minimum atomic E-state index is -4.34. The molecule has 0 radical (unpaired) electrons. The number of hydrogen-bond donors (Lipinski definition) is 2. The summed E-state index contributed by atoms with van der Waals surface area (Å²) in [6, 6.07) is 4.65. The molecule has 9 heteroatoms. The Morgan fingerprint density at radius 1 is 1.18 bits per heavy atom. The monoisotopic (exact) mass is 398 g/mol. The van der Waals surface area contributed by atoms with Gasteiger partial charge in [-0.1, -0.05) is 18.2 Å². The maximum Gasteiger partial charge on any atom is 0.416 e. The highest BCUT2D eigenvalue weighted by molar-refractivity contribution is 5.97. The van der Waals surface area contributed by atoms with E-state index in [0.29, 0.717) is 38.3 Å². The molecule has 1 unspecified atom stereocenters. The molecule has 1 heterocycles. The average Bonchev–Trinajstić information content (AvgIpc) is 3.45. The van der Waals surface area contributed by atoms with Gasteiger partial charge in [-0.3, -0.25) is 19.9 Å². The summed E-state index contributed by atoms with van der Waals surface area (Å²) in [5.41, 5.74) is -0.0239. The van der Waals surface area contributed by atoms with E-state index in [0.717, 1.165) is 18.9 Å². The minimum Gasteiger partial charge on any atom is -0.335 e. The Morgan fingerprint density at radius 2 is 1.86 bits per heavy atom. The molecule has 0 spiro atoms. The zero-order valence-electron chi connectivity index (χ0n) is 15.8. The van der Waals surface area contributed by atoms with E-state index in [1.807, 2.05) is 4.90 Å². The highest BCUT2D eigenvalue weighted by atomic mass is 19.4. The maximum atomic E-state index is 12.8. The van der Waals surface area contributed by atoms with Crippen LogP contribution < -0.4 is 10.6 Å². The molecule has 0 aromatic heterocycles. The summed E-state index contributed by atoms with van der Waals surface area (Å²) >= 11 is 0. The van der Waals surface area contributed by atoms with Crippen molar-refractivity contribution in [2.75, 3.05) is 26.2 Å². The number of carbonyl (C=O) groups is 2. The normalized spacial score (nSPS) is 19.9. The van der Waals surface area contributed by atoms with Crippen LogP contribution in [-0.2, 0) is 17.5 Å². The fourth-order valence-electron chi connectivity index (χ4n) is 3.24. The number of benzene rings is 1. The number of rotatable bonds is 5. The molecule has 2 fully saturated rings. The second kappa shape index (κ2) is 8.48. The summed E-state index contributed by atoms with van der Waals surface area (Å²) in [4.78, 5) is 28.0. The third-order valence-corrected chi connectivity index (χ3v) is 5.14. The Balaban J connectivity index is 1.46. The van der Waals surface area contributed by atoms with Crippen LogP contribution in [0.15, 0.2) is 24.3 Å². The first-order valence-corrected chi connectivity index (χ1v) is 9.46. The van der Waals surface area contributed by atoms with E-state index in [2.05, 4.69) is 15.5 Å². The molecule has 1 aliphatic carbocycles. The van der Waals surface area contributed by atoms with E-state index in [9.17, 15) is 22.8 Å². The first-order chi connectivity index (χ1) is 13.2. The lowest BCUT2D eigenvalue weighted by molar-refractivity contribution is -0.137. The van der Waals surface area contributed by atoms with Gasteiger partial charge in [-0.25, -0.2) is 4.79 Å². The maximum absolute atomic E-state index is 12.8. The largest absolute Gasteiger partial charge is 0.416 e. The Kier molecular flexibility index (Phi) is 6.24. The van der Waals surface area contributed by atoms with Crippen LogP contribution in [0.2, 0.25) is 0 Å². The van der Waals surface area contributed by atoms with Gasteiger partial charge in [0.05, 0.1) is 11.6 Å². The molecule has 1 saturated heterocycles. The lowest BCUT2D eigenvalue weighted by Gasteiger charge is -2.37. The van der Waals surface area contributed by atoms with Crippen LogP contribution in [-0.4, -0.2) is 60.0 Å². The highest BCUT2D eigenvalue weighted by Crippen LogP contribution is 2.29. The second-order valence-electron chi connectivity index (χ2n) is 7.42. The number of hydrogen-bond acceptors (Lipinski definition) is 4. The topological polar surface area (TPSA) is 64.7 Å². The number of piperazine rings is 1. The Bertz CT molecular complexity index is 713. The van der Waals surface area contributed by atoms with Gasteiger partial charge in [-0.05, 0) is 31.4 Å². The van der Waals surface area contributed by atoms with Crippen LogP contribution in [0.3, 0.4) is 0 Å². The van der Waals surface area contributed by atoms with Gasteiger partial charge >= 0.3 is 12.2 Å². The van der Waals surface area contributed by atoms with Gasteiger partial charge in [-0.15, -0.1) is 0 Å². The SMILES string of the molecule is CC(C(=O)NC(=O)NC1CC1)N1CCN(Cc2cccc(C(F)(F)F)c2)CC1. The Morgan fingerprint density at radius 3 is 2.46 bits per heavy atom. The van der Waals surface area contributed by atoms with E-state index < -0.39 is 23.8 Å². The molecule has 2 N–H and O–H groups in total. The molecule has 28 heavy (non-hydrogen) atoms. The van der Waals surface area contributed by atoms with Crippen molar-refractivity contribution in [3.8, 4) is 0 Å². The van der Waals surface area contributed by atoms with Crippen molar-refractivity contribution in [1.29, 1.82) is 0 Å². The second-order valence-corrected chi connectivity index (χ2v) is 7.42. The number of amides is 3. The number of halogens is 3. The molecular weight excluding hydrogens is 373 g/mol. The average molecular weight is 398 g/mol. The molecule has 154 valence electrons. The molecule has 6 nitrogen and oxygen atoms in total. The quantitative estimate of drug-likeness (QED) is 0.798. The van der Waals surface area contributed by atoms with Gasteiger partial charge in [0.1, 0.15) is 0 Å². The van der Waals surface area contributed by atoms with Gasteiger partial charge in [0.15, 0.2) is 0 Å². The molecule has 1 aromatic rings. The molecule has 1 aromatic carbocycles.